The second-order valence-electron chi connectivity index (χ2n) is 5.53. The second-order valence-corrected chi connectivity index (χ2v) is 6.47. The lowest BCUT2D eigenvalue weighted by molar-refractivity contribution is 0.0957. The number of nitrogens with one attached hydrogen (secondary N) is 2. The van der Waals surface area contributed by atoms with Crippen LogP contribution in [0.3, 0.4) is 0 Å². The molecular formula is C17H25N5OS. The third kappa shape index (κ3) is 5.13. The van der Waals surface area contributed by atoms with E-state index in [0.717, 1.165) is 30.3 Å². The van der Waals surface area contributed by atoms with Crippen LogP contribution in [0.2, 0.25) is 0 Å². The van der Waals surface area contributed by atoms with Crippen LogP contribution in [0.15, 0.2) is 40.8 Å². The standard InChI is InChI=1S/C17H25N5OS/c1-18-17(22(3)13-14-7-4-11-21(14)2)20-10-6-9-19-16(23)15-8-5-12-24-15/h4-5,7-8,11-12H,6,9-10,13H2,1-3H3,(H,18,20)(H,19,23). The molecule has 0 saturated carbocycles. The van der Waals surface area contributed by atoms with Crippen LogP contribution in [0.5, 0.6) is 0 Å². The molecule has 0 aliphatic carbocycles. The first-order chi connectivity index (χ1) is 11.6. The van der Waals surface area contributed by atoms with Gasteiger partial charge in [0.05, 0.1) is 11.4 Å². The summed E-state index contributed by atoms with van der Waals surface area (Å²) in [6.45, 7) is 2.19. The van der Waals surface area contributed by atoms with E-state index < -0.39 is 0 Å². The number of amides is 1. The van der Waals surface area contributed by atoms with Gasteiger partial charge in [-0.2, -0.15) is 0 Å². The number of hydrogen-bond donors (Lipinski definition) is 2. The summed E-state index contributed by atoms with van der Waals surface area (Å²) in [5.74, 6) is 0.844. The van der Waals surface area contributed by atoms with Crippen molar-refractivity contribution in [3.8, 4) is 0 Å². The van der Waals surface area contributed by atoms with Crippen LogP contribution in [0.25, 0.3) is 0 Å². The van der Waals surface area contributed by atoms with Gasteiger partial charge in [0.15, 0.2) is 5.96 Å². The van der Waals surface area contributed by atoms with Crippen LogP contribution in [0, 0.1) is 0 Å². The highest BCUT2D eigenvalue weighted by Gasteiger charge is 2.08. The number of aryl methyl sites for hydroxylation is 1. The SMILES string of the molecule is CN=C(NCCCNC(=O)c1cccs1)N(C)Cc1cccn1C. The summed E-state index contributed by atoms with van der Waals surface area (Å²) >= 11 is 1.45. The van der Waals surface area contributed by atoms with Crippen molar-refractivity contribution < 1.29 is 4.79 Å². The molecule has 0 bridgehead atoms. The summed E-state index contributed by atoms with van der Waals surface area (Å²) in [6.07, 6.45) is 2.88. The normalized spacial score (nSPS) is 11.4. The fourth-order valence-electron chi connectivity index (χ4n) is 2.35. The van der Waals surface area contributed by atoms with Crippen molar-refractivity contribution >= 4 is 23.2 Å². The first kappa shape index (κ1) is 18.1. The highest BCUT2D eigenvalue weighted by Crippen LogP contribution is 2.07. The molecule has 0 aromatic carbocycles. The van der Waals surface area contributed by atoms with Gasteiger partial charge in [-0.15, -0.1) is 11.3 Å². The van der Waals surface area contributed by atoms with Gasteiger partial charge in [-0.05, 0) is 30.0 Å². The largest absolute Gasteiger partial charge is 0.356 e. The van der Waals surface area contributed by atoms with Gasteiger partial charge < -0.3 is 20.1 Å². The molecule has 7 heteroatoms. The van der Waals surface area contributed by atoms with Crippen molar-refractivity contribution in [2.45, 2.75) is 13.0 Å². The molecule has 0 aliphatic heterocycles. The molecule has 130 valence electrons. The molecule has 6 nitrogen and oxygen atoms in total. The number of carbonyl (C=O) groups excluding carboxylic acids is 1. The van der Waals surface area contributed by atoms with Crippen molar-refractivity contribution in [3.05, 3.63) is 46.4 Å². The van der Waals surface area contributed by atoms with E-state index in [2.05, 4.69) is 31.2 Å². The van der Waals surface area contributed by atoms with Gasteiger partial charge in [0.25, 0.3) is 5.91 Å². The Balaban J connectivity index is 1.68. The molecule has 0 unspecified atom stereocenters. The number of nitrogens with zero attached hydrogens (tertiary/aromatic N) is 3. The van der Waals surface area contributed by atoms with Crippen LogP contribution in [0.1, 0.15) is 21.8 Å². The number of thiophene rings is 1. The van der Waals surface area contributed by atoms with Crippen LogP contribution in [-0.4, -0.2) is 48.5 Å². The van der Waals surface area contributed by atoms with E-state index in [1.165, 1.54) is 17.0 Å². The first-order valence-corrected chi connectivity index (χ1v) is 8.83. The minimum Gasteiger partial charge on any atom is -0.356 e. The summed E-state index contributed by atoms with van der Waals surface area (Å²) in [6, 6.07) is 7.85. The Morgan fingerprint density at radius 3 is 2.71 bits per heavy atom. The summed E-state index contributed by atoms with van der Waals surface area (Å²) < 4.78 is 2.10. The highest BCUT2D eigenvalue weighted by atomic mass is 32.1. The Bertz CT molecular complexity index is 662. The topological polar surface area (TPSA) is 61.7 Å². The number of aromatic nitrogens is 1. The third-order valence-electron chi connectivity index (χ3n) is 3.69. The quantitative estimate of drug-likeness (QED) is 0.457. The number of hydrogen-bond acceptors (Lipinski definition) is 3. The predicted octanol–water partition coefficient (Wildman–Crippen LogP) is 1.91. The zero-order valence-corrected chi connectivity index (χ0v) is 15.3. The smallest absolute Gasteiger partial charge is 0.261 e. The lowest BCUT2D eigenvalue weighted by atomic mass is 10.3. The summed E-state index contributed by atoms with van der Waals surface area (Å²) in [7, 11) is 5.83. The molecule has 2 N–H and O–H groups in total. The van der Waals surface area contributed by atoms with E-state index in [9.17, 15) is 4.79 Å². The number of carbonyl (C=O) groups is 1. The average Bonchev–Trinajstić information content (AvgIpc) is 3.23. The van der Waals surface area contributed by atoms with E-state index in [4.69, 9.17) is 0 Å². The minimum absolute atomic E-state index is 0.00444. The first-order valence-electron chi connectivity index (χ1n) is 7.95. The molecular weight excluding hydrogens is 322 g/mol. The van der Waals surface area contributed by atoms with Crippen LogP contribution < -0.4 is 10.6 Å². The molecule has 2 heterocycles. The Hall–Kier alpha value is -2.28. The molecule has 2 rings (SSSR count). The molecule has 0 saturated heterocycles. The van der Waals surface area contributed by atoms with Gasteiger partial charge in [0, 0.05) is 46.1 Å². The Kier molecular flexibility index (Phi) is 6.87. The Morgan fingerprint density at radius 1 is 1.29 bits per heavy atom. The molecule has 1 amide bonds. The summed E-state index contributed by atoms with van der Waals surface area (Å²) in [5.41, 5.74) is 1.23. The minimum atomic E-state index is -0.00444. The van der Waals surface area contributed by atoms with Crippen molar-refractivity contribution in [1.82, 2.24) is 20.1 Å². The molecule has 0 atom stereocenters. The molecule has 2 aromatic heterocycles. The van der Waals surface area contributed by atoms with E-state index >= 15 is 0 Å². The average molecular weight is 347 g/mol. The van der Waals surface area contributed by atoms with E-state index in [1.807, 2.05) is 43.9 Å². The van der Waals surface area contributed by atoms with Gasteiger partial charge in [-0.25, -0.2) is 0 Å². The van der Waals surface area contributed by atoms with Crippen molar-refractivity contribution in [1.29, 1.82) is 0 Å². The zero-order chi connectivity index (χ0) is 17.4. The van der Waals surface area contributed by atoms with Gasteiger partial charge in [-0.3, -0.25) is 9.79 Å². The van der Waals surface area contributed by atoms with Crippen molar-refractivity contribution in [3.63, 3.8) is 0 Å². The van der Waals surface area contributed by atoms with Gasteiger partial charge in [-0.1, -0.05) is 6.07 Å². The maximum Gasteiger partial charge on any atom is 0.261 e. The molecule has 0 fully saturated rings. The van der Waals surface area contributed by atoms with Gasteiger partial charge in [0.2, 0.25) is 0 Å². The van der Waals surface area contributed by atoms with Crippen LogP contribution >= 0.6 is 11.3 Å². The monoisotopic (exact) mass is 347 g/mol. The zero-order valence-electron chi connectivity index (χ0n) is 14.5. The number of guanidine groups is 1. The summed E-state index contributed by atoms with van der Waals surface area (Å²) in [5, 5.41) is 8.16. The summed E-state index contributed by atoms with van der Waals surface area (Å²) in [4.78, 5) is 19.0. The lowest BCUT2D eigenvalue weighted by Crippen LogP contribution is -2.40. The number of aliphatic imine (C=N–C) groups is 1. The Labute approximate surface area is 147 Å². The predicted molar refractivity (Wildman–Crippen MR) is 99.5 cm³/mol. The maximum atomic E-state index is 11.8. The van der Waals surface area contributed by atoms with E-state index in [-0.39, 0.29) is 5.91 Å². The maximum absolute atomic E-state index is 11.8. The van der Waals surface area contributed by atoms with Crippen molar-refractivity contribution in [2.75, 3.05) is 27.2 Å². The highest BCUT2D eigenvalue weighted by molar-refractivity contribution is 7.12. The van der Waals surface area contributed by atoms with Crippen LogP contribution in [-0.2, 0) is 13.6 Å². The lowest BCUT2D eigenvalue weighted by Gasteiger charge is -2.22. The number of rotatable bonds is 7. The second kappa shape index (κ2) is 9.12. The molecule has 24 heavy (non-hydrogen) atoms. The molecule has 0 spiro atoms. The Morgan fingerprint density at radius 2 is 2.08 bits per heavy atom. The van der Waals surface area contributed by atoms with Crippen LogP contribution in [0.4, 0.5) is 0 Å². The fraction of sp³-hybridized carbons (Fsp3) is 0.412. The fourth-order valence-corrected chi connectivity index (χ4v) is 2.99. The molecule has 0 aliphatic rings. The molecule has 2 aromatic rings. The van der Waals surface area contributed by atoms with E-state index in [1.54, 1.807) is 7.05 Å². The van der Waals surface area contributed by atoms with Gasteiger partial charge >= 0.3 is 0 Å². The third-order valence-corrected chi connectivity index (χ3v) is 4.56. The molecule has 0 radical (unpaired) electrons. The van der Waals surface area contributed by atoms with Gasteiger partial charge in [0.1, 0.15) is 0 Å². The van der Waals surface area contributed by atoms with Crippen molar-refractivity contribution in [2.24, 2.45) is 12.0 Å². The van der Waals surface area contributed by atoms with E-state index in [0.29, 0.717) is 6.54 Å².